The van der Waals surface area contributed by atoms with E-state index in [2.05, 4.69) is 22.0 Å². The van der Waals surface area contributed by atoms with Gasteiger partial charge in [0.15, 0.2) is 0 Å². The van der Waals surface area contributed by atoms with Crippen LogP contribution in [0.2, 0.25) is 0 Å². The summed E-state index contributed by atoms with van der Waals surface area (Å²) < 4.78 is 26.6. The van der Waals surface area contributed by atoms with Crippen LogP contribution in [0.25, 0.3) is 0 Å². The number of rotatable bonds is 6. The van der Waals surface area contributed by atoms with Gasteiger partial charge in [-0.2, -0.15) is 0 Å². The number of piperidine rings is 1. The molecule has 5 nitrogen and oxygen atoms in total. The molecule has 0 bridgehead atoms. The van der Waals surface area contributed by atoms with Gasteiger partial charge in [0.1, 0.15) is 0 Å². The quantitative estimate of drug-likeness (QED) is 0.842. The lowest BCUT2D eigenvalue weighted by Gasteiger charge is -2.30. The largest absolute Gasteiger partial charge is 0.382 e. The van der Waals surface area contributed by atoms with Gasteiger partial charge < -0.3 is 10.2 Å². The van der Waals surface area contributed by atoms with Crippen LogP contribution in [0.3, 0.4) is 0 Å². The van der Waals surface area contributed by atoms with Gasteiger partial charge in [-0.3, -0.25) is 0 Å². The molecule has 1 heterocycles. The van der Waals surface area contributed by atoms with Crippen molar-refractivity contribution in [2.45, 2.75) is 37.1 Å². The molecule has 6 heteroatoms. The molecular formula is C15H25N3O2S. The first-order valence-corrected chi connectivity index (χ1v) is 9.04. The minimum absolute atomic E-state index is 0.324. The number of nitrogens with one attached hydrogen (secondary N) is 2. The molecule has 0 spiro atoms. The number of benzene rings is 1. The Morgan fingerprint density at radius 2 is 1.81 bits per heavy atom. The van der Waals surface area contributed by atoms with Crippen molar-refractivity contribution >= 4 is 15.7 Å². The van der Waals surface area contributed by atoms with Crippen molar-refractivity contribution in [3.8, 4) is 0 Å². The first-order valence-electron chi connectivity index (χ1n) is 7.56. The number of hydrogen-bond donors (Lipinski definition) is 2. The summed E-state index contributed by atoms with van der Waals surface area (Å²) >= 11 is 0. The Balaban J connectivity index is 1.96. The highest BCUT2D eigenvalue weighted by Gasteiger charge is 2.17. The fourth-order valence-electron chi connectivity index (χ4n) is 2.44. The van der Waals surface area contributed by atoms with E-state index < -0.39 is 10.0 Å². The SMILES string of the molecule is CCCNS(=O)(=O)c1ccc(NC2CCN(C)CC2)cc1. The zero-order valence-electron chi connectivity index (χ0n) is 12.8. The third kappa shape index (κ3) is 4.69. The Morgan fingerprint density at radius 1 is 1.19 bits per heavy atom. The molecule has 1 aliphatic rings. The highest BCUT2D eigenvalue weighted by Crippen LogP contribution is 2.18. The predicted octanol–water partition coefficient (Wildman–Crippen LogP) is 1.88. The van der Waals surface area contributed by atoms with Crippen molar-refractivity contribution in [3.05, 3.63) is 24.3 Å². The monoisotopic (exact) mass is 311 g/mol. The maximum Gasteiger partial charge on any atom is 0.240 e. The molecule has 21 heavy (non-hydrogen) atoms. The maximum absolute atomic E-state index is 12.0. The average Bonchev–Trinajstić information content (AvgIpc) is 2.48. The van der Waals surface area contributed by atoms with Crippen molar-refractivity contribution in [1.82, 2.24) is 9.62 Å². The van der Waals surface area contributed by atoms with Gasteiger partial charge in [-0.25, -0.2) is 13.1 Å². The Bertz CT molecular complexity index is 535. The van der Waals surface area contributed by atoms with E-state index in [1.807, 2.05) is 19.1 Å². The van der Waals surface area contributed by atoms with E-state index in [1.165, 1.54) is 0 Å². The third-order valence-electron chi connectivity index (χ3n) is 3.80. The van der Waals surface area contributed by atoms with E-state index in [4.69, 9.17) is 0 Å². The van der Waals surface area contributed by atoms with Crippen LogP contribution < -0.4 is 10.0 Å². The van der Waals surface area contributed by atoms with Gasteiger partial charge in [-0.05, 0) is 63.7 Å². The number of likely N-dealkylation sites (tertiary alicyclic amines) is 1. The number of anilines is 1. The third-order valence-corrected chi connectivity index (χ3v) is 5.27. The minimum Gasteiger partial charge on any atom is -0.382 e. The van der Waals surface area contributed by atoms with E-state index in [0.717, 1.165) is 38.0 Å². The topological polar surface area (TPSA) is 61.4 Å². The molecule has 1 saturated heterocycles. The molecule has 0 atom stereocenters. The van der Waals surface area contributed by atoms with Crippen molar-refractivity contribution in [3.63, 3.8) is 0 Å². The molecule has 1 aromatic carbocycles. The molecule has 2 N–H and O–H groups in total. The molecule has 0 unspecified atom stereocenters. The van der Waals surface area contributed by atoms with Gasteiger partial charge in [0.05, 0.1) is 4.90 Å². The second-order valence-electron chi connectivity index (χ2n) is 5.64. The summed E-state index contributed by atoms with van der Waals surface area (Å²) in [5, 5.41) is 3.48. The molecule has 0 aromatic heterocycles. The Hall–Kier alpha value is -1.11. The van der Waals surface area contributed by atoms with Gasteiger partial charge in [-0.1, -0.05) is 6.92 Å². The van der Waals surface area contributed by atoms with Gasteiger partial charge in [0.2, 0.25) is 10.0 Å². The average molecular weight is 311 g/mol. The molecular weight excluding hydrogens is 286 g/mol. The summed E-state index contributed by atoms with van der Waals surface area (Å²) in [6, 6.07) is 7.49. The Labute approximate surface area is 127 Å². The molecule has 1 fully saturated rings. The maximum atomic E-state index is 12.0. The smallest absolute Gasteiger partial charge is 0.240 e. The van der Waals surface area contributed by atoms with E-state index in [0.29, 0.717) is 17.5 Å². The van der Waals surface area contributed by atoms with E-state index in [-0.39, 0.29) is 0 Å². The molecule has 118 valence electrons. The van der Waals surface area contributed by atoms with Gasteiger partial charge in [0, 0.05) is 18.3 Å². The van der Waals surface area contributed by atoms with E-state index >= 15 is 0 Å². The summed E-state index contributed by atoms with van der Waals surface area (Å²) in [6.45, 7) is 4.62. The first kappa shape index (κ1) is 16.3. The van der Waals surface area contributed by atoms with Gasteiger partial charge in [-0.15, -0.1) is 0 Å². The summed E-state index contributed by atoms with van der Waals surface area (Å²) in [6.07, 6.45) is 3.03. The lowest BCUT2D eigenvalue weighted by molar-refractivity contribution is 0.264. The van der Waals surface area contributed by atoms with Crippen molar-refractivity contribution in [2.24, 2.45) is 0 Å². The summed E-state index contributed by atoms with van der Waals surface area (Å²) in [5.41, 5.74) is 0.985. The molecule has 2 rings (SSSR count). The van der Waals surface area contributed by atoms with Crippen LogP contribution in [0.5, 0.6) is 0 Å². The van der Waals surface area contributed by atoms with Crippen molar-refractivity contribution in [1.29, 1.82) is 0 Å². The zero-order chi connectivity index (χ0) is 15.3. The number of hydrogen-bond acceptors (Lipinski definition) is 4. The summed E-state index contributed by atoms with van der Waals surface area (Å²) in [4.78, 5) is 2.65. The normalized spacial score (nSPS) is 17.8. The lowest BCUT2D eigenvalue weighted by Crippen LogP contribution is -2.36. The fourth-order valence-corrected chi connectivity index (χ4v) is 3.57. The van der Waals surface area contributed by atoms with Crippen molar-refractivity contribution in [2.75, 3.05) is 32.0 Å². The molecule has 0 aliphatic carbocycles. The Kier molecular flexibility index (Phi) is 5.61. The molecule has 1 aromatic rings. The Morgan fingerprint density at radius 3 is 2.38 bits per heavy atom. The van der Waals surface area contributed by atoms with Crippen LogP contribution in [-0.2, 0) is 10.0 Å². The molecule has 0 radical (unpaired) electrons. The van der Waals surface area contributed by atoms with Crippen LogP contribution in [0, 0.1) is 0 Å². The minimum atomic E-state index is -3.36. The van der Waals surface area contributed by atoms with Crippen LogP contribution in [0.15, 0.2) is 29.2 Å². The van der Waals surface area contributed by atoms with Gasteiger partial charge in [0.25, 0.3) is 0 Å². The second kappa shape index (κ2) is 7.24. The summed E-state index contributed by atoms with van der Waals surface area (Å²) in [5.74, 6) is 0. The van der Waals surface area contributed by atoms with Crippen LogP contribution in [0.4, 0.5) is 5.69 Å². The van der Waals surface area contributed by atoms with E-state index in [1.54, 1.807) is 12.1 Å². The first-order chi connectivity index (χ1) is 10.0. The molecule has 0 amide bonds. The molecule has 1 aliphatic heterocycles. The highest BCUT2D eigenvalue weighted by atomic mass is 32.2. The lowest BCUT2D eigenvalue weighted by atomic mass is 10.1. The summed E-state index contributed by atoms with van der Waals surface area (Å²) in [7, 11) is -1.23. The van der Waals surface area contributed by atoms with Crippen molar-refractivity contribution < 1.29 is 8.42 Å². The van der Waals surface area contributed by atoms with Crippen LogP contribution in [-0.4, -0.2) is 46.0 Å². The molecule has 0 saturated carbocycles. The van der Waals surface area contributed by atoms with Crippen LogP contribution in [0.1, 0.15) is 26.2 Å². The zero-order valence-corrected chi connectivity index (χ0v) is 13.6. The number of sulfonamides is 1. The second-order valence-corrected chi connectivity index (χ2v) is 7.41. The van der Waals surface area contributed by atoms with Crippen LogP contribution >= 0.6 is 0 Å². The van der Waals surface area contributed by atoms with Gasteiger partial charge >= 0.3 is 0 Å². The van der Waals surface area contributed by atoms with E-state index in [9.17, 15) is 8.42 Å². The predicted molar refractivity (Wildman–Crippen MR) is 86.1 cm³/mol. The number of nitrogens with zero attached hydrogens (tertiary/aromatic N) is 1. The fraction of sp³-hybridized carbons (Fsp3) is 0.600. The standard InChI is InChI=1S/C15H25N3O2S/c1-3-10-16-21(19,20)15-6-4-13(5-7-15)17-14-8-11-18(2)12-9-14/h4-7,14,16-17H,3,8-12H2,1-2H3. The highest BCUT2D eigenvalue weighted by molar-refractivity contribution is 7.89.